The van der Waals surface area contributed by atoms with Gasteiger partial charge in [-0.05, 0) is 42.5 Å². The first kappa shape index (κ1) is 14.8. The molecule has 0 unspecified atom stereocenters. The van der Waals surface area contributed by atoms with E-state index in [0.717, 1.165) is 21.9 Å². The Hall–Kier alpha value is -3.82. The molecule has 0 bridgehead atoms. The Morgan fingerprint density at radius 1 is 0.720 bits per heavy atom. The number of rotatable bonds is 0. The molecule has 0 saturated heterocycles. The number of hydrogen-bond acceptors (Lipinski definition) is 3. The zero-order valence-corrected chi connectivity index (χ0v) is 13.1. The first-order valence-electron chi connectivity index (χ1n) is 7.72. The third-order valence-electron chi connectivity index (χ3n) is 3.97. The van der Waals surface area contributed by atoms with E-state index < -0.39 is 5.63 Å². The predicted octanol–water partition coefficient (Wildman–Crippen LogP) is 4.22. The average Bonchev–Trinajstić information content (AvgIpc) is 2.67. The molecular weight excluding hydrogens is 310 g/mol. The van der Waals surface area contributed by atoms with Crippen molar-refractivity contribution in [2.24, 2.45) is 0 Å². The fraction of sp³-hybridized carbons (Fsp3) is 0. The van der Waals surface area contributed by atoms with E-state index in [1.165, 1.54) is 0 Å². The lowest BCUT2D eigenvalue weighted by atomic mass is 10.0. The summed E-state index contributed by atoms with van der Waals surface area (Å²) in [5.41, 5.74) is 2.23. The van der Waals surface area contributed by atoms with Gasteiger partial charge in [0.05, 0.1) is 17.0 Å². The molecule has 0 atom stereocenters. The van der Waals surface area contributed by atoms with Crippen molar-refractivity contribution in [3.8, 4) is 17.9 Å². The van der Waals surface area contributed by atoms with Gasteiger partial charge in [-0.2, -0.15) is 5.26 Å². The molecule has 0 aliphatic heterocycles. The maximum atomic E-state index is 12.3. The van der Waals surface area contributed by atoms with E-state index >= 15 is 0 Å². The molecular formula is C22H11NO2. The molecule has 4 aromatic rings. The minimum absolute atomic E-state index is 0.407. The monoisotopic (exact) mass is 321 g/mol. The van der Waals surface area contributed by atoms with Gasteiger partial charge in [0.1, 0.15) is 5.58 Å². The third-order valence-corrected chi connectivity index (χ3v) is 3.97. The normalized spacial score (nSPS) is 10.2. The first-order valence-corrected chi connectivity index (χ1v) is 7.72. The van der Waals surface area contributed by atoms with Gasteiger partial charge in [0, 0.05) is 21.9 Å². The van der Waals surface area contributed by atoms with E-state index in [0.29, 0.717) is 16.5 Å². The van der Waals surface area contributed by atoms with Crippen LogP contribution in [0.15, 0.2) is 75.9 Å². The SMILES string of the molecule is N#Cc1ccc2oc(=O)c3cc(C#Cc4ccccc4)ccc3c2c1. The lowest BCUT2D eigenvalue weighted by Crippen LogP contribution is -2.00. The van der Waals surface area contributed by atoms with Crippen molar-refractivity contribution < 1.29 is 4.42 Å². The molecule has 0 fully saturated rings. The Morgan fingerprint density at radius 3 is 2.24 bits per heavy atom. The summed E-state index contributed by atoms with van der Waals surface area (Å²) in [4.78, 5) is 12.3. The third kappa shape index (κ3) is 2.76. The van der Waals surface area contributed by atoms with Gasteiger partial charge < -0.3 is 4.42 Å². The molecule has 3 nitrogen and oxygen atoms in total. The molecule has 0 aliphatic carbocycles. The van der Waals surface area contributed by atoms with Gasteiger partial charge in [0.2, 0.25) is 0 Å². The van der Waals surface area contributed by atoms with Crippen LogP contribution in [0.2, 0.25) is 0 Å². The van der Waals surface area contributed by atoms with Crippen LogP contribution in [-0.4, -0.2) is 0 Å². The van der Waals surface area contributed by atoms with Gasteiger partial charge in [-0.3, -0.25) is 0 Å². The van der Waals surface area contributed by atoms with Crippen LogP contribution in [0.4, 0.5) is 0 Å². The van der Waals surface area contributed by atoms with E-state index in [1.807, 2.05) is 42.5 Å². The number of nitriles is 1. The summed E-state index contributed by atoms with van der Waals surface area (Å²) in [5, 5.41) is 11.1. The summed E-state index contributed by atoms with van der Waals surface area (Å²) in [6, 6.07) is 22.2. The van der Waals surface area contributed by atoms with Crippen LogP contribution in [0.5, 0.6) is 0 Å². The van der Waals surface area contributed by atoms with Gasteiger partial charge in [0.25, 0.3) is 0 Å². The van der Waals surface area contributed by atoms with Gasteiger partial charge in [-0.15, -0.1) is 0 Å². The summed E-state index contributed by atoms with van der Waals surface area (Å²) in [5.74, 6) is 6.14. The minimum Gasteiger partial charge on any atom is -0.422 e. The number of fused-ring (bicyclic) bond motifs is 3. The summed E-state index contributed by atoms with van der Waals surface area (Å²) in [6.07, 6.45) is 0. The molecule has 0 N–H and O–H groups in total. The maximum Gasteiger partial charge on any atom is 0.344 e. The number of nitrogens with zero attached hydrogens (tertiary/aromatic N) is 1. The average molecular weight is 321 g/mol. The Balaban J connectivity index is 1.91. The topological polar surface area (TPSA) is 54.0 Å². The highest BCUT2D eigenvalue weighted by Crippen LogP contribution is 2.24. The van der Waals surface area contributed by atoms with E-state index in [2.05, 4.69) is 17.9 Å². The summed E-state index contributed by atoms with van der Waals surface area (Å²) in [7, 11) is 0. The van der Waals surface area contributed by atoms with E-state index in [1.54, 1.807) is 24.3 Å². The highest BCUT2D eigenvalue weighted by molar-refractivity contribution is 6.05. The Kier molecular flexibility index (Phi) is 3.54. The van der Waals surface area contributed by atoms with E-state index in [9.17, 15) is 4.79 Å². The van der Waals surface area contributed by atoms with Crippen LogP contribution < -0.4 is 5.63 Å². The minimum atomic E-state index is -0.407. The predicted molar refractivity (Wildman–Crippen MR) is 97.1 cm³/mol. The van der Waals surface area contributed by atoms with E-state index in [-0.39, 0.29) is 0 Å². The van der Waals surface area contributed by atoms with Crippen LogP contribution in [0.1, 0.15) is 16.7 Å². The molecule has 4 rings (SSSR count). The second-order valence-electron chi connectivity index (χ2n) is 5.59. The smallest absolute Gasteiger partial charge is 0.344 e. The van der Waals surface area contributed by atoms with E-state index in [4.69, 9.17) is 9.68 Å². The molecule has 0 aliphatic rings. The van der Waals surface area contributed by atoms with Crippen molar-refractivity contribution in [1.82, 2.24) is 0 Å². The summed E-state index contributed by atoms with van der Waals surface area (Å²) >= 11 is 0. The molecule has 1 aromatic heterocycles. The Bertz CT molecular complexity index is 1270. The second-order valence-corrected chi connectivity index (χ2v) is 5.59. The number of benzene rings is 3. The Labute approximate surface area is 143 Å². The van der Waals surface area contributed by atoms with Gasteiger partial charge in [-0.1, -0.05) is 36.1 Å². The zero-order valence-electron chi connectivity index (χ0n) is 13.1. The fourth-order valence-electron chi connectivity index (χ4n) is 2.75. The van der Waals surface area contributed by atoms with Crippen LogP contribution >= 0.6 is 0 Å². The van der Waals surface area contributed by atoms with Gasteiger partial charge in [0.15, 0.2) is 0 Å². The first-order chi connectivity index (χ1) is 12.2. The van der Waals surface area contributed by atoms with Gasteiger partial charge in [-0.25, -0.2) is 4.79 Å². The van der Waals surface area contributed by atoms with Gasteiger partial charge >= 0.3 is 5.63 Å². The highest BCUT2D eigenvalue weighted by Gasteiger charge is 2.08. The second kappa shape index (κ2) is 6.00. The molecule has 25 heavy (non-hydrogen) atoms. The molecule has 3 heteroatoms. The Morgan fingerprint density at radius 2 is 1.44 bits per heavy atom. The summed E-state index contributed by atoms with van der Waals surface area (Å²) < 4.78 is 5.38. The van der Waals surface area contributed by atoms with Crippen LogP contribution in [-0.2, 0) is 0 Å². The maximum absolute atomic E-state index is 12.3. The quantitative estimate of drug-likeness (QED) is 0.277. The lowest BCUT2D eigenvalue weighted by Gasteiger charge is -2.03. The molecule has 0 radical (unpaired) electrons. The standard InChI is InChI=1S/C22H11NO2/c23-14-17-9-11-21-19(13-17)18-10-8-16(12-20(18)22(24)25-21)7-6-15-4-2-1-3-5-15/h1-5,8-13H. The molecule has 3 aromatic carbocycles. The van der Waals surface area contributed by atoms with Crippen LogP contribution in [0, 0.1) is 23.2 Å². The highest BCUT2D eigenvalue weighted by atomic mass is 16.4. The van der Waals surface area contributed by atoms with Crippen molar-refractivity contribution in [2.45, 2.75) is 0 Å². The molecule has 1 heterocycles. The van der Waals surface area contributed by atoms with Crippen LogP contribution in [0.3, 0.4) is 0 Å². The summed E-state index contributed by atoms with van der Waals surface area (Å²) in [6.45, 7) is 0. The van der Waals surface area contributed by atoms with Crippen molar-refractivity contribution in [3.05, 3.63) is 93.8 Å². The lowest BCUT2D eigenvalue weighted by molar-refractivity contribution is 0.569. The molecule has 0 saturated carbocycles. The van der Waals surface area contributed by atoms with Crippen molar-refractivity contribution >= 4 is 21.7 Å². The van der Waals surface area contributed by atoms with Crippen molar-refractivity contribution in [1.29, 1.82) is 5.26 Å². The van der Waals surface area contributed by atoms with Crippen molar-refractivity contribution in [2.75, 3.05) is 0 Å². The fourth-order valence-corrected chi connectivity index (χ4v) is 2.75. The zero-order chi connectivity index (χ0) is 17.2. The van der Waals surface area contributed by atoms with Crippen LogP contribution in [0.25, 0.3) is 21.7 Å². The largest absolute Gasteiger partial charge is 0.422 e. The van der Waals surface area contributed by atoms with Crippen molar-refractivity contribution in [3.63, 3.8) is 0 Å². The molecule has 116 valence electrons. The number of hydrogen-bond donors (Lipinski definition) is 0. The molecule has 0 spiro atoms. The molecule has 0 amide bonds.